The van der Waals surface area contributed by atoms with Crippen LogP contribution in [0.25, 0.3) is 89.0 Å². The molecule has 0 aromatic heterocycles. The van der Waals surface area contributed by atoms with Gasteiger partial charge in [-0.3, -0.25) is 0 Å². The summed E-state index contributed by atoms with van der Waals surface area (Å²) in [5.41, 5.74) is 20.6. The number of halogens is 2. The molecule has 278 valence electrons. The number of hydrogen-bond acceptors (Lipinski definition) is 0. The molecule has 0 aliphatic carbocycles. The first-order valence-electron chi connectivity index (χ1n) is 19.6. The minimum absolute atomic E-state index is 0.690. The lowest BCUT2D eigenvalue weighted by Gasteiger charge is -2.29. The fourth-order valence-corrected chi connectivity index (χ4v) is 8.38. The summed E-state index contributed by atoms with van der Waals surface area (Å²) in [5.74, 6) is 0. The standard InChI is InChI=1S/C56H40Cl2/c1-37-19-23-41(24-20-37)51-52(42-25-21-38(2)22-26-42)56(48-18-10-16-46(36-48)40-13-7-4-8-14-40)54(44-29-33-50(58)34-30-44)53(43-27-31-49(57)32-28-43)55(51)47-17-9-15-45(35-47)39-11-5-3-6-12-39/h3-36H,1-2H3. The van der Waals surface area contributed by atoms with E-state index < -0.39 is 0 Å². The van der Waals surface area contributed by atoms with Crippen molar-refractivity contribution >= 4 is 23.2 Å². The summed E-state index contributed by atoms with van der Waals surface area (Å²) >= 11 is 13.3. The Kier molecular flexibility index (Phi) is 10.4. The predicted molar refractivity (Wildman–Crippen MR) is 249 cm³/mol. The van der Waals surface area contributed by atoms with E-state index in [1.165, 1.54) is 22.3 Å². The van der Waals surface area contributed by atoms with Crippen molar-refractivity contribution in [2.75, 3.05) is 0 Å². The highest BCUT2D eigenvalue weighted by Gasteiger charge is 2.29. The van der Waals surface area contributed by atoms with Crippen LogP contribution in [0.15, 0.2) is 206 Å². The van der Waals surface area contributed by atoms with Crippen LogP contribution in [0.3, 0.4) is 0 Å². The zero-order chi connectivity index (χ0) is 39.6. The highest BCUT2D eigenvalue weighted by Crippen LogP contribution is 2.56. The summed E-state index contributed by atoms with van der Waals surface area (Å²) in [6.07, 6.45) is 0. The summed E-state index contributed by atoms with van der Waals surface area (Å²) in [5, 5.41) is 1.38. The fourth-order valence-electron chi connectivity index (χ4n) is 8.13. The molecule has 0 unspecified atom stereocenters. The van der Waals surface area contributed by atoms with E-state index >= 15 is 0 Å². The fraction of sp³-hybridized carbons (Fsp3) is 0.0357. The summed E-state index contributed by atoms with van der Waals surface area (Å²) in [7, 11) is 0. The van der Waals surface area contributed by atoms with Gasteiger partial charge < -0.3 is 0 Å². The van der Waals surface area contributed by atoms with Crippen molar-refractivity contribution in [1.29, 1.82) is 0 Å². The summed E-state index contributed by atoms with van der Waals surface area (Å²) in [6, 6.07) is 74.0. The maximum absolute atomic E-state index is 6.67. The first kappa shape index (κ1) is 37.2. The normalized spacial score (nSPS) is 11.1. The Morgan fingerprint density at radius 2 is 0.483 bits per heavy atom. The Bertz CT molecular complexity index is 2540. The van der Waals surface area contributed by atoms with Crippen LogP contribution in [-0.2, 0) is 0 Å². The second-order valence-corrected chi connectivity index (χ2v) is 15.8. The third-order valence-electron chi connectivity index (χ3n) is 11.0. The molecule has 9 aromatic rings. The van der Waals surface area contributed by atoms with Crippen molar-refractivity contribution in [3.63, 3.8) is 0 Å². The van der Waals surface area contributed by atoms with Crippen LogP contribution in [-0.4, -0.2) is 0 Å². The monoisotopic (exact) mass is 782 g/mol. The number of hydrogen-bond donors (Lipinski definition) is 0. The molecule has 0 N–H and O–H groups in total. The number of rotatable bonds is 8. The minimum Gasteiger partial charge on any atom is -0.0843 e. The Labute approximate surface area is 351 Å². The minimum atomic E-state index is 0.690. The van der Waals surface area contributed by atoms with Gasteiger partial charge >= 0.3 is 0 Å². The molecule has 58 heavy (non-hydrogen) atoms. The smallest absolute Gasteiger partial charge is 0.0406 e. The van der Waals surface area contributed by atoms with E-state index in [0.29, 0.717) is 10.0 Å². The molecule has 0 saturated heterocycles. The van der Waals surface area contributed by atoms with E-state index in [9.17, 15) is 0 Å². The van der Waals surface area contributed by atoms with Gasteiger partial charge in [0.15, 0.2) is 0 Å². The Morgan fingerprint density at radius 3 is 0.810 bits per heavy atom. The molecule has 9 rings (SSSR count). The molecule has 0 spiro atoms. The molecule has 0 amide bonds. The van der Waals surface area contributed by atoms with Crippen molar-refractivity contribution in [3.05, 3.63) is 227 Å². The summed E-state index contributed by atoms with van der Waals surface area (Å²) < 4.78 is 0. The Balaban J connectivity index is 1.54. The molecule has 0 radical (unpaired) electrons. The van der Waals surface area contributed by atoms with Crippen LogP contribution >= 0.6 is 23.2 Å². The number of benzene rings is 9. The summed E-state index contributed by atoms with van der Waals surface area (Å²) in [6.45, 7) is 4.30. The van der Waals surface area contributed by atoms with Crippen LogP contribution < -0.4 is 0 Å². The Hall–Kier alpha value is -6.44. The molecule has 9 aromatic carbocycles. The molecular weight excluding hydrogens is 744 g/mol. The maximum atomic E-state index is 6.67. The largest absolute Gasteiger partial charge is 0.0843 e. The van der Waals surface area contributed by atoms with Crippen molar-refractivity contribution in [1.82, 2.24) is 0 Å². The lowest BCUT2D eigenvalue weighted by Crippen LogP contribution is -2.02. The topological polar surface area (TPSA) is 0 Å². The van der Waals surface area contributed by atoms with Gasteiger partial charge in [-0.15, -0.1) is 0 Å². The first-order valence-corrected chi connectivity index (χ1v) is 20.4. The maximum Gasteiger partial charge on any atom is 0.0406 e. The third-order valence-corrected chi connectivity index (χ3v) is 11.5. The molecule has 0 atom stereocenters. The SMILES string of the molecule is Cc1ccc(-c2c(-c3ccc(C)cc3)c(-c3cccc(-c4ccccc4)c3)c(-c3ccc(Cl)cc3)c(-c3ccc(Cl)cc3)c2-c2cccc(-c3ccccc3)c2)cc1. The van der Waals surface area contributed by atoms with Crippen LogP contribution in [0.1, 0.15) is 11.1 Å². The van der Waals surface area contributed by atoms with E-state index in [4.69, 9.17) is 23.2 Å². The predicted octanol–water partition coefficient (Wildman–Crippen LogP) is 16.9. The van der Waals surface area contributed by atoms with Crippen LogP contribution in [0.5, 0.6) is 0 Å². The van der Waals surface area contributed by atoms with Gasteiger partial charge in [0.1, 0.15) is 0 Å². The average molecular weight is 784 g/mol. The van der Waals surface area contributed by atoms with Crippen molar-refractivity contribution in [2.24, 2.45) is 0 Å². The molecular formula is C56H40Cl2. The van der Waals surface area contributed by atoms with Crippen molar-refractivity contribution in [3.8, 4) is 89.0 Å². The van der Waals surface area contributed by atoms with Gasteiger partial charge in [-0.2, -0.15) is 0 Å². The average Bonchev–Trinajstić information content (AvgIpc) is 3.27. The molecule has 0 fully saturated rings. The highest BCUT2D eigenvalue weighted by molar-refractivity contribution is 6.31. The molecule has 0 aliphatic heterocycles. The highest BCUT2D eigenvalue weighted by atomic mass is 35.5. The van der Waals surface area contributed by atoms with E-state index in [2.05, 4.69) is 196 Å². The first-order chi connectivity index (χ1) is 28.4. The molecule has 0 nitrogen and oxygen atoms in total. The molecule has 0 heterocycles. The van der Waals surface area contributed by atoms with Gasteiger partial charge in [0.05, 0.1) is 0 Å². The van der Waals surface area contributed by atoms with E-state index in [1.807, 2.05) is 24.3 Å². The van der Waals surface area contributed by atoms with Crippen molar-refractivity contribution in [2.45, 2.75) is 13.8 Å². The molecule has 2 heteroatoms. The molecule has 0 saturated carbocycles. The lowest BCUT2D eigenvalue weighted by molar-refractivity contribution is 1.45. The summed E-state index contributed by atoms with van der Waals surface area (Å²) in [4.78, 5) is 0. The van der Waals surface area contributed by atoms with E-state index in [-0.39, 0.29) is 0 Å². The van der Waals surface area contributed by atoms with Gasteiger partial charge in [-0.05, 0) is 139 Å². The second kappa shape index (κ2) is 16.2. The number of aryl methyl sites for hydroxylation is 2. The van der Waals surface area contributed by atoms with Crippen LogP contribution in [0.4, 0.5) is 0 Å². The van der Waals surface area contributed by atoms with Gasteiger partial charge in [0, 0.05) is 10.0 Å². The van der Waals surface area contributed by atoms with E-state index in [0.717, 1.165) is 77.9 Å². The van der Waals surface area contributed by atoms with E-state index in [1.54, 1.807) is 0 Å². The van der Waals surface area contributed by atoms with Crippen molar-refractivity contribution < 1.29 is 0 Å². The third kappa shape index (κ3) is 7.41. The van der Waals surface area contributed by atoms with Gasteiger partial charge in [0.25, 0.3) is 0 Å². The van der Waals surface area contributed by atoms with Gasteiger partial charge in [-0.25, -0.2) is 0 Å². The zero-order valence-electron chi connectivity index (χ0n) is 32.4. The molecule has 0 bridgehead atoms. The van der Waals surface area contributed by atoms with Crippen LogP contribution in [0.2, 0.25) is 10.0 Å². The quantitative estimate of drug-likeness (QED) is 0.144. The Morgan fingerprint density at radius 1 is 0.224 bits per heavy atom. The van der Waals surface area contributed by atoms with Gasteiger partial charge in [0.2, 0.25) is 0 Å². The van der Waals surface area contributed by atoms with Gasteiger partial charge in [-0.1, -0.05) is 204 Å². The van der Waals surface area contributed by atoms with Crippen LogP contribution in [0, 0.1) is 13.8 Å². The second-order valence-electron chi connectivity index (χ2n) is 14.9. The lowest BCUT2D eigenvalue weighted by atomic mass is 9.73. The zero-order valence-corrected chi connectivity index (χ0v) is 33.9. The molecule has 0 aliphatic rings.